The van der Waals surface area contributed by atoms with E-state index < -0.39 is 0 Å². The molecule has 1 heterocycles. The zero-order chi connectivity index (χ0) is 13.2. The van der Waals surface area contributed by atoms with Crippen molar-refractivity contribution in [3.63, 3.8) is 0 Å². The molecule has 2 rings (SSSR count). The van der Waals surface area contributed by atoms with Crippen LogP contribution in [0.15, 0.2) is 24.3 Å². The van der Waals surface area contributed by atoms with Crippen LogP contribution in [0.25, 0.3) is 0 Å². The van der Waals surface area contributed by atoms with Gasteiger partial charge in [-0.25, -0.2) is 0 Å². The molecule has 1 aromatic carbocycles. The minimum Gasteiger partial charge on any atom is -0.508 e. The maximum Gasteiger partial charge on any atom is 0.144 e. The van der Waals surface area contributed by atoms with Gasteiger partial charge in [-0.3, -0.25) is 4.79 Å². The normalized spacial score (nSPS) is 23.5. The smallest absolute Gasteiger partial charge is 0.144 e. The summed E-state index contributed by atoms with van der Waals surface area (Å²) in [6.07, 6.45) is 1.39. The van der Waals surface area contributed by atoms with Crippen LogP contribution in [0.2, 0.25) is 0 Å². The SMILES string of the molecule is CC(C)C1(C(=O)Cc2ccc(O)cc2)CCNC1. The average Bonchev–Trinajstić information content (AvgIpc) is 2.82. The van der Waals surface area contributed by atoms with E-state index in [2.05, 4.69) is 19.2 Å². The third kappa shape index (κ3) is 2.41. The van der Waals surface area contributed by atoms with Gasteiger partial charge in [0.15, 0.2) is 0 Å². The lowest BCUT2D eigenvalue weighted by molar-refractivity contribution is -0.129. The summed E-state index contributed by atoms with van der Waals surface area (Å²) < 4.78 is 0. The quantitative estimate of drug-likeness (QED) is 0.857. The first-order valence-corrected chi connectivity index (χ1v) is 6.56. The van der Waals surface area contributed by atoms with Crippen molar-refractivity contribution in [2.24, 2.45) is 11.3 Å². The molecule has 98 valence electrons. The van der Waals surface area contributed by atoms with E-state index in [0.717, 1.165) is 25.1 Å². The maximum absolute atomic E-state index is 12.6. The van der Waals surface area contributed by atoms with Crippen molar-refractivity contribution in [2.45, 2.75) is 26.7 Å². The van der Waals surface area contributed by atoms with Gasteiger partial charge in [0.1, 0.15) is 11.5 Å². The summed E-state index contributed by atoms with van der Waals surface area (Å²) in [7, 11) is 0. The van der Waals surface area contributed by atoms with Gasteiger partial charge in [-0.15, -0.1) is 0 Å². The molecule has 3 nitrogen and oxygen atoms in total. The van der Waals surface area contributed by atoms with E-state index in [1.54, 1.807) is 12.1 Å². The van der Waals surface area contributed by atoms with E-state index in [4.69, 9.17) is 0 Å². The Balaban J connectivity index is 2.13. The first-order chi connectivity index (χ1) is 8.54. The molecule has 3 heteroatoms. The molecule has 1 aliphatic rings. The predicted octanol–water partition coefficient (Wildman–Crippen LogP) is 2.14. The standard InChI is InChI=1S/C15H21NO2/c1-11(2)15(7-8-16-10-15)14(18)9-12-3-5-13(17)6-4-12/h3-6,11,16-17H,7-10H2,1-2H3. The Morgan fingerprint density at radius 3 is 2.56 bits per heavy atom. The number of rotatable bonds is 4. The molecule has 0 spiro atoms. The van der Waals surface area contributed by atoms with Gasteiger partial charge in [-0.05, 0) is 36.6 Å². The summed E-state index contributed by atoms with van der Waals surface area (Å²) in [4.78, 5) is 12.6. The number of benzene rings is 1. The second-order valence-corrected chi connectivity index (χ2v) is 5.50. The number of Topliss-reactive ketones (excluding diaryl/α,β-unsaturated/α-hetero) is 1. The second kappa shape index (κ2) is 5.11. The number of nitrogens with one attached hydrogen (secondary N) is 1. The minimum atomic E-state index is -0.210. The van der Waals surface area contributed by atoms with Crippen molar-refractivity contribution in [3.8, 4) is 5.75 Å². The fraction of sp³-hybridized carbons (Fsp3) is 0.533. The molecule has 1 fully saturated rings. The molecule has 0 radical (unpaired) electrons. The van der Waals surface area contributed by atoms with Crippen LogP contribution >= 0.6 is 0 Å². The molecule has 0 aliphatic carbocycles. The topological polar surface area (TPSA) is 49.3 Å². The second-order valence-electron chi connectivity index (χ2n) is 5.50. The highest BCUT2D eigenvalue weighted by Gasteiger charge is 2.42. The number of hydrogen-bond donors (Lipinski definition) is 2. The Bertz CT molecular complexity index is 417. The molecule has 0 bridgehead atoms. The van der Waals surface area contributed by atoms with Crippen LogP contribution in [0.3, 0.4) is 0 Å². The van der Waals surface area contributed by atoms with E-state index in [9.17, 15) is 9.90 Å². The molecule has 1 aromatic rings. The fourth-order valence-corrected chi connectivity index (χ4v) is 2.74. The van der Waals surface area contributed by atoms with Gasteiger partial charge in [0, 0.05) is 18.4 Å². The van der Waals surface area contributed by atoms with Crippen LogP contribution in [0.4, 0.5) is 0 Å². The van der Waals surface area contributed by atoms with E-state index in [1.807, 2.05) is 12.1 Å². The number of ketones is 1. The largest absolute Gasteiger partial charge is 0.508 e. The number of phenols is 1. The van der Waals surface area contributed by atoms with Crippen LogP contribution in [0.1, 0.15) is 25.8 Å². The Kier molecular flexibility index (Phi) is 3.71. The van der Waals surface area contributed by atoms with Crippen LogP contribution < -0.4 is 5.32 Å². The van der Waals surface area contributed by atoms with Crippen molar-refractivity contribution in [2.75, 3.05) is 13.1 Å². The van der Waals surface area contributed by atoms with Crippen molar-refractivity contribution >= 4 is 5.78 Å². The zero-order valence-electron chi connectivity index (χ0n) is 11.1. The van der Waals surface area contributed by atoms with Gasteiger partial charge in [-0.1, -0.05) is 26.0 Å². The highest BCUT2D eigenvalue weighted by atomic mass is 16.3. The molecule has 2 N–H and O–H groups in total. The number of hydrogen-bond acceptors (Lipinski definition) is 3. The summed E-state index contributed by atoms with van der Waals surface area (Å²) in [6, 6.07) is 6.92. The van der Waals surface area contributed by atoms with E-state index in [-0.39, 0.29) is 11.2 Å². The minimum absolute atomic E-state index is 0.210. The summed E-state index contributed by atoms with van der Waals surface area (Å²) in [5.74, 6) is 0.914. The van der Waals surface area contributed by atoms with Gasteiger partial charge >= 0.3 is 0 Å². The van der Waals surface area contributed by atoms with Crippen LogP contribution in [-0.2, 0) is 11.2 Å². The first-order valence-electron chi connectivity index (χ1n) is 6.56. The molecule has 1 saturated heterocycles. The summed E-state index contributed by atoms with van der Waals surface area (Å²) >= 11 is 0. The Morgan fingerprint density at radius 1 is 1.39 bits per heavy atom. The third-order valence-electron chi connectivity index (χ3n) is 4.15. The lowest BCUT2D eigenvalue weighted by atomic mass is 9.71. The highest BCUT2D eigenvalue weighted by Crippen LogP contribution is 2.36. The lowest BCUT2D eigenvalue weighted by Crippen LogP contribution is -2.39. The molecular weight excluding hydrogens is 226 g/mol. The number of carbonyl (C=O) groups is 1. The summed E-state index contributed by atoms with van der Waals surface area (Å²) in [5.41, 5.74) is 0.766. The van der Waals surface area contributed by atoms with Crippen molar-refractivity contribution in [3.05, 3.63) is 29.8 Å². The molecule has 0 aromatic heterocycles. The van der Waals surface area contributed by atoms with Gasteiger partial charge in [-0.2, -0.15) is 0 Å². The average molecular weight is 247 g/mol. The number of carbonyl (C=O) groups excluding carboxylic acids is 1. The van der Waals surface area contributed by atoms with E-state index >= 15 is 0 Å². The van der Waals surface area contributed by atoms with Crippen LogP contribution in [0, 0.1) is 11.3 Å². The molecule has 1 aliphatic heterocycles. The molecule has 1 unspecified atom stereocenters. The first kappa shape index (κ1) is 13.1. The van der Waals surface area contributed by atoms with Crippen molar-refractivity contribution in [1.82, 2.24) is 5.32 Å². The molecular formula is C15H21NO2. The van der Waals surface area contributed by atoms with Gasteiger partial charge in [0.2, 0.25) is 0 Å². The van der Waals surface area contributed by atoms with Crippen LogP contribution in [-0.4, -0.2) is 24.0 Å². The Morgan fingerprint density at radius 2 is 2.06 bits per heavy atom. The molecule has 18 heavy (non-hydrogen) atoms. The summed E-state index contributed by atoms with van der Waals surface area (Å²) in [6.45, 7) is 5.98. The Hall–Kier alpha value is -1.35. The summed E-state index contributed by atoms with van der Waals surface area (Å²) in [5, 5.41) is 12.6. The van der Waals surface area contributed by atoms with Gasteiger partial charge < -0.3 is 10.4 Å². The molecule has 0 amide bonds. The van der Waals surface area contributed by atoms with Gasteiger partial charge in [0.25, 0.3) is 0 Å². The molecule has 0 saturated carbocycles. The number of phenolic OH excluding ortho intramolecular Hbond substituents is 1. The van der Waals surface area contributed by atoms with Gasteiger partial charge in [0.05, 0.1) is 0 Å². The number of aromatic hydroxyl groups is 1. The monoisotopic (exact) mass is 247 g/mol. The fourth-order valence-electron chi connectivity index (χ4n) is 2.74. The molecule has 1 atom stereocenters. The predicted molar refractivity (Wildman–Crippen MR) is 71.6 cm³/mol. The zero-order valence-corrected chi connectivity index (χ0v) is 11.1. The Labute approximate surface area is 108 Å². The van der Waals surface area contributed by atoms with Crippen LogP contribution in [0.5, 0.6) is 5.75 Å². The van der Waals surface area contributed by atoms with E-state index in [1.165, 1.54) is 0 Å². The highest BCUT2D eigenvalue weighted by molar-refractivity contribution is 5.87. The van der Waals surface area contributed by atoms with E-state index in [0.29, 0.717) is 18.1 Å². The third-order valence-corrected chi connectivity index (χ3v) is 4.15. The lowest BCUT2D eigenvalue weighted by Gasteiger charge is -2.31. The maximum atomic E-state index is 12.6. The van der Waals surface area contributed by atoms with Crippen molar-refractivity contribution < 1.29 is 9.90 Å². The van der Waals surface area contributed by atoms with Crippen molar-refractivity contribution in [1.29, 1.82) is 0 Å².